The number of amides is 3. The van der Waals surface area contributed by atoms with Crippen molar-refractivity contribution < 1.29 is 62.3 Å². The number of rotatable bonds is 44. The number of guanidine groups is 1. The summed E-state index contributed by atoms with van der Waals surface area (Å²) in [5.74, 6) is -6.87. The van der Waals surface area contributed by atoms with E-state index in [0.29, 0.717) is 45.2 Å². The first kappa shape index (κ1) is 65.5. The molecular weight excluding hydrogens is 956 g/mol. The Hall–Kier alpha value is -4.54. The van der Waals surface area contributed by atoms with Gasteiger partial charge in [-0.05, 0) is 99.1 Å². The van der Waals surface area contributed by atoms with Crippen LogP contribution in [0, 0.1) is 0 Å². The molecule has 24 heteroatoms. The third-order valence-corrected chi connectivity index (χ3v) is 14.5. The Kier molecular flexibility index (Phi) is 34.6. The number of ether oxygens (including phenoxy) is 3. The Morgan fingerprint density at radius 3 is 1.69 bits per heavy atom. The van der Waals surface area contributed by atoms with Gasteiger partial charge in [-0.25, -0.2) is 23.5 Å². The van der Waals surface area contributed by atoms with Crippen molar-refractivity contribution in [3.63, 3.8) is 0 Å². The molecule has 1 aliphatic heterocycles. The van der Waals surface area contributed by atoms with Crippen LogP contribution in [0.4, 0.5) is 0 Å². The van der Waals surface area contributed by atoms with Crippen LogP contribution in [0.15, 0.2) is 16.5 Å². The van der Waals surface area contributed by atoms with Crippen molar-refractivity contribution in [3.8, 4) is 0 Å². The Balaban J connectivity index is 3.04. The van der Waals surface area contributed by atoms with Crippen molar-refractivity contribution in [1.82, 2.24) is 25.3 Å². The largest absolute Gasteiger partial charge is 0.505 e. The number of aliphatic carboxylic acids is 1. The van der Waals surface area contributed by atoms with Crippen LogP contribution in [0.5, 0.6) is 0 Å². The van der Waals surface area contributed by atoms with Gasteiger partial charge in [0.1, 0.15) is 30.8 Å². The number of nitrogens with one attached hydrogen (secondary N) is 3. The molecule has 13 N–H and O–H groups in total. The average Bonchev–Trinajstić information content (AvgIpc) is 3.60. The summed E-state index contributed by atoms with van der Waals surface area (Å²) in [5.41, 5.74) is 22.1. The molecule has 0 aromatic rings. The van der Waals surface area contributed by atoms with Crippen molar-refractivity contribution in [1.29, 1.82) is 0 Å². The van der Waals surface area contributed by atoms with Crippen LogP contribution in [0.2, 0.25) is 0 Å². The number of nitrogens with zero attached hydrogens (tertiary/aromatic N) is 3. The molecule has 1 rings (SSSR count). The van der Waals surface area contributed by atoms with Gasteiger partial charge in [0, 0.05) is 19.6 Å². The number of cyclic esters (lactones) is 1. The second-order valence-corrected chi connectivity index (χ2v) is 21.4. The van der Waals surface area contributed by atoms with E-state index in [9.17, 15) is 43.5 Å². The van der Waals surface area contributed by atoms with E-state index in [1.165, 1.54) is 95.3 Å². The highest BCUT2D eigenvalue weighted by atomic mass is 31.2. The van der Waals surface area contributed by atoms with Crippen LogP contribution in [0.25, 0.3) is 0 Å². The van der Waals surface area contributed by atoms with E-state index in [1.807, 2.05) is 0 Å². The fraction of sp³-hybridized carbons (Fsp3) is 0.812. The summed E-state index contributed by atoms with van der Waals surface area (Å²) < 4.78 is 38.7. The van der Waals surface area contributed by atoms with Gasteiger partial charge in [-0.2, -0.15) is 0 Å². The molecule has 0 aromatic carbocycles. The van der Waals surface area contributed by atoms with Gasteiger partial charge < -0.3 is 67.8 Å². The van der Waals surface area contributed by atoms with E-state index in [4.69, 9.17) is 41.7 Å². The molecule has 0 radical (unpaired) electrons. The average molecular weight is 1050 g/mol. The normalized spacial score (nSPS) is 15.4. The second kappa shape index (κ2) is 38.1. The van der Waals surface area contributed by atoms with Crippen molar-refractivity contribution in [3.05, 3.63) is 11.5 Å². The monoisotopic (exact) mass is 1050 g/mol. The summed E-state index contributed by atoms with van der Waals surface area (Å²) in [4.78, 5) is 82.5. The van der Waals surface area contributed by atoms with Crippen molar-refractivity contribution in [2.75, 3.05) is 61.0 Å². The van der Waals surface area contributed by atoms with Crippen LogP contribution < -0.4 is 38.9 Å². The van der Waals surface area contributed by atoms with Gasteiger partial charge in [0.2, 0.25) is 17.7 Å². The van der Waals surface area contributed by atoms with Gasteiger partial charge in [-0.15, -0.1) is 0 Å². The fourth-order valence-corrected chi connectivity index (χ4v) is 9.19. The molecule has 23 nitrogen and oxygen atoms in total. The summed E-state index contributed by atoms with van der Waals surface area (Å²) in [7, 11) is 2.14. The molecular formula is C48H91N10O13P. The molecule has 1 aliphatic rings. The Morgan fingerprint density at radius 2 is 1.19 bits per heavy atom. The number of hydrogen-bond acceptors (Lipinski definition) is 15. The summed E-state index contributed by atoms with van der Waals surface area (Å²) in [6.07, 6.45) is 15.1. The maximum atomic E-state index is 13.7. The van der Waals surface area contributed by atoms with Gasteiger partial charge in [0.05, 0.1) is 6.42 Å². The lowest BCUT2D eigenvalue weighted by atomic mass is 10.0. The number of aliphatic hydroxyl groups excluding tert-OH is 1. The first-order chi connectivity index (χ1) is 34.3. The highest BCUT2D eigenvalue weighted by Crippen LogP contribution is 2.53. The summed E-state index contributed by atoms with van der Waals surface area (Å²) in [6.45, 7) is 2.68. The quantitative estimate of drug-likeness (QED) is 0.0137. The Morgan fingerprint density at radius 1 is 0.708 bits per heavy atom. The molecule has 5 atom stereocenters. The lowest BCUT2D eigenvalue weighted by molar-refractivity contribution is -0.159. The van der Waals surface area contributed by atoms with Gasteiger partial charge in [-0.3, -0.25) is 24.2 Å². The molecule has 416 valence electrons. The highest BCUT2D eigenvalue weighted by molar-refractivity contribution is 7.54. The molecule has 0 saturated heterocycles. The number of carboxylic acids is 1. The minimum absolute atomic E-state index is 0.0257. The van der Waals surface area contributed by atoms with Gasteiger partial charge in [0.25, 0.3) is 5.76 Å². The SMILES string of the molecule is CCCCCCCCCCCCCCCCOC(COC(=O)CCC(=O)NC(CCCCN)C(=O)NC(CCCN=C(N)N)C(=O)NC(CCCCN)C(=O)O)C1OC(=O)C(OP(=O)(N(C)C)N(C)C)=C1O. The van der Waals surface area contributed by atoms with Crippen molar-refractivity contribution >= 4 is 49.3 Å². The smallest absolute Gasteiger partial charge is 0.395 e. The number of hydrogen-bond donors (Lipinski definition) is 9. The predicted molar refractivity (Wildman–Crippen MR) is 275 cm³/mol. The minimum atomic E-state index is -3.81. The third kappa shape index (κ3) is 27.0. The third-order valence-electron chi connectivity index (χ3n) is 12.0. The van der Waals surface area contributed by atoms with E-state index in [1.54, 1.807) is 0 Å². The molecule has 0 aliphatic carbocycles. The fourth-order valence-electron chi connectivity index (χ4n) is 7.75. The molecule has 0 bridgehead atoms. The molecule has 0 saturated carbocycles. The van der Waals surface area contributed by atoms with Gasteiger partial charge >= 0.3 is 25.6 Å². The standard InChI is InChI=1S/C48H91N10O13P/c1-6-7-8-9-10-11-12-13-14-15-16-17-18-23-33-68-38(42-41(61)43(47(66)70-42)71-72(67,57(2)3)58(4)5)34-69-40(60)29-28-39(59)54-35(25-19-21-30-49)44(62)55-36(27-24-32-53-48(51)52)45(63)56-37(46(64)65)26-20-22-31-50/h35-38,42,61H,6-34,49-50H2,1-5H3,(H,54,59)(H,55,62)(H,56,63)(H,64,65)(H4,51,52,53). The maximum absolute atomic E-state index is 13.7. The zero-order valence-corrected chi connectivity index (χ0v) is 44.8. The lowest BCUT2D eigenvalue weighted by Crippen LogP contribution is -2.55. The topological polar surface area (TPSA) is 356 Å². The number of carbonyl (C=O) groups is 6. The van der Waals surface area contributed by atoms with Crippen molar-refractivity contribution in [2.45, 2.75) is 191 Å². The van der Waals surface area contributed by atoms with Gasteiger partial charge in [-0.1, -0.05) is 90.4 Å². The Labute approximate surface area is 427 Å². The first-order valence-electron chi connectivity index (χ1n) is 26.0. The van der Waals surface area contributed by atoms with Crippen LogP contribution in [0.1, 0.15) is 161 Å². The maximum Gasteiger partial charge on any atom is 0.395 e. The molecule has 3 amide bonds. The number of aliphatic imine (C=N–C) groups is 1. The van der Waals surface area contributed by atoms with E-state index >= 15 is 0 Å². The number of carbonyl (C=O) groups excluding carboxylic acids is 5. The number of nitrogens with two attached hydrogens (primary N) is 4. The van der Waals surface area contributed by atoms with Gasteiger partial charge in [0.15, 0.2) is 17.8 Å². The first-order valence-corrected chi connectivity index (χ1v) is 27.5. The molecule has 0 spiro atoms. The molecule has 1 heterocycles. The second-order valence-electron chi connectivity index (χ2n) is 18.6. The van der Waals surface area contributed by atoms with E-state index < -0.39 is 105 Å². The number of aliphatic hydroxyl groups is 1. The summed E-state index contributed by atoms with van der Waals surface area (Å²) >= 11 is 0. The zero-order valence-electron chi connectivity index (χ0n) is 43.9. The number of unbranched alkanes of at least 4 members (excludes halogenated alkanes) is 15. The highest BCUT2D eigenvalue weighted by Gasteiger charge is 2.46. The lowest BCUT2D eigenvalue weighted by Gasteiger charge is -2.29. The van der Waals surface area contributed by atoms with Crippen LogP contribution in [-0.4, -0.2) is 153 Å². The van der Waals surface area contributed by atoms with Crippen LogP contribution in [-0.2, 0) is 52.1 Å². The molecule has 5 unspecified atom stereocenters. The summed E-state index contributed by atoms with van der Waals surface area (Å²) in [6, 6.07) is -3.63. The minimum Gasteiger partial charge on any atom is -0.505 e. The van der Waals surface area contributed by atoms with E-state index in [0.717, 1.165) is 25.7 Å². The number of esters is 2. The predicted octanol–water partition coefficient (Wildman–Crippen LogP) is 3.97. The van der Waals surface area contributed by atoms with E-state index in [2.05, 4.69) is 27.9 Å². The van der Waals surface area contributed by atoms with Crippen molar-refractivity contribution in [2.24, 2.45) is 27.9 Å². The Bertz CT molecular complexity index is 1720. The molecule has 0 fully saturated rings. The van der Waals surface area contributed by atoms with Crippen LogP contribution >= 0.6 is 7.67 Å². The zero-order chi connectivity index (χ0) is 53.9. The summed E-state index contributed by atoms with van der Waals surface area (Å²) in [5, 5.41) is 28.7. The number of carboxylic acid groups (broad SMARTS) is 1. The van der Waals surface area contributed by atoms with E-state index in [-0.39, 0.29) is 44.8 Å². The molecule has 72 heavy (non-hydrogen) atoms. The molecule has 0 aromatic heterocycles. The van der Waals surface area contributed by atoms with Crippen LogP contribution in [0.3, 0.4) is 0 Å².